The third kappa shape index (κ3) is 3.43. The molecule has 1 atom stereocenters. The van der Waals surface area contributed by atoms with Gasteiger partial charge in [0.25, 0.3) is 0 Å². The molecule has 2 rings (SSSR count). The predicted molar refractivity (Wildman–Crippen MR) is 85.6 cm³/mol. The molecule has 5 heteroatoms. The molecule has 0 aliphatic carbocycles. The quantitative estimate of drug-likeness (QED) is 0.637. The molecule has 0 saturated carbocycles. The molecule has 0 aliphatic rings. The second kappa shape index (κ2) is 7.02. The summed E-state index contributed by atoms with van der Waals surface area (Å²) in [6, 6.07) is 10.9. The van der Waals surface area contributed by atoms with Crippen LogP contribution in [0.3, 0.4) is 0 Å². The maximum absolute atomic E-state index is 14.3. The van der Waals surface area contributed by atoms with Gasteiger partial charge >= 0.3 is 0 Å². The van der Waals surface area contributed by atoms with Gasteiger partial charge < -0.3 is 4.74 Å². The van der Waals surface area contributed by atoms with E-state index in [2.05, 4.69) is 21.4 Å². The maximum Gasteiger partial charge on any atom is 0.168 e. The molecular weight excluding hydrogens is 335 g/mol. The molecule has 21 heavy (non-hydrogen) atoms. The topological polar surface area (TPSA) is 47.3 Å². The third-order valence-electron chi connectivity index (χ3n) is 3.57. The van der Waals surface area contributed by atoms with Gasteiger partial charge in [-0.15, -0.1) is 0 Å². The summed E-state index contributed by atoms with van der Waals surface area (Å²) in [7, 11) is 1.46. The Kier molecular flexibility index (Phi) is 5.33. The van der Waals surface area contributed by atoms with Crippen LogP contribution in [-0.4, -0.2) is 7.11 Å². The van der Waals surface area contributed by atoms with E-state index in [1.165, 1.54) is 7.11 Å². The molecule has 0 spiro atoms. The van der Waals surface area contributed by atoms with Crippen molar-refractivity contribution >= 4 is 15.9 Å². The predicted octanol–water partition coefficient (Wildman–Crippen LogP) is 3.65. The van der Waals surface area contributed by atoms with Crippen molar-refractivity contribution in [1.82, 2.24) is 5.43 Å². The number of hydrogen-bond donors (Lipinski definition) is 2. The van der Waals surface area contributed by atoms with Gasteiger partial charge in [-0.05, 0) is 42.2 Å². The highest BCUT2D eigenvalue weighted by Gasteiger charge is 2.17. The van der Waals surface area contributed by atoms with Crippen LogP contribution in [-0.2, 0) is 6.42 Å². The van der Waals surface area contributed by atoms with E-state index in [4.69, 9.17) is 10.6 Å². The fourth-order valence-corrected chi connectivity index (χ4v) is 2.73. The summed E-state index contributed by atoms with van der Waals surface area (Å²) in [6.45, 7) is 2.01. The number of ether oxygens (including phenoxy) is 1. The van der Waals surface area contributed by atoms with Crippen molar-refractivity contribution in [2.24, 2.45) is 5.84 Å². The number of nitrogens with one attached hydrogen (secondary N) is 1. The van der Waals surface area contributed by atoms with E-state index >= 15 is 0 Å². The molecule has 0 bridgehead atoms. The minimum atomic E-state index is -0.340. The number of benzene rings is 2. The van der Waals surface area contributed by atoms with Crippen molar-refractivity contribution in [2.75, 3.05) is 7.11 Å². The van der Waals surface area contributed by atoms with Crippen LogP contribution in [0.2, 0.25) is 0 Å². The van der Waals surface area contributed by atoms with Gasteiger partial charge in [0.2, 0.25) is 0 Å². The smallest absolute Gasteiger partial charge is 0.168 e. The first-order chi connectivity index (χ1) is 10.1. The zero-order chi connectivity index (χ0) is 15.4. The molecule has 3 N–H and O–H groups in total. The van der Waals surface area contributed by atoms with Crippen LogP contribution in [0.1, 0.15) is 22.7 Å². The Hall–Kier alpha value is -1.43. The SMILES string of the molecule is COc1cccc(CC(NN)c2cccc(Br)c2C)c1F. The van der Waals surface area contributed by atoms with Crippen LogP contribution in [0.5, 0.6) is 5.75 Å². The highest BCUT2D eigenvalue weighted by atomic mass is 79.9. The normalized spacial score (nSPS) is 12.2. The summed E-state index contributed by atoms with van der Waals surface area (Å²) in [4.78, 5) is 0. The second-order valence-corrected chi connectivity index (χ2v) is 5.67. The van der Waals surface area contributed by atoms with Crippen LogP contribution in [0.25, 0.3) is 0 Å². The molecule has 112 valence electrons. The van der Waals surface area contributed by atoms with E-state index in [-0.39, 0.29) is 17.6 Å². The summed E-state index contributed by atoms with van der Waals surface area (Å²) in [5.74, 6) is 5.58. The highest BCUT2D eigenvalue weighted by molar-refractivity contribution is 9.10. The number of nitrogens with two attached hydrogens (primary N) is 1. The lowest BCUT2D eigenvalue weighted by Gasteiger charge is -2.20. The van der Waals surface area contributed by atoms with Gasteiger partial charge in [0.05, 0.1) is 13.2 Å². The zero-order valence-corrected chi connectivity index (χ0v) is 13.6. The Labute approximate surface area is 132 Å². The van der Waals surface area contributed by atoms with E-state index in [0.717, 1.165) is 15.6 Å². The molecule has 0 aliphatic heterocycles. The highest BCUT2D eigenvalue weighted by Crippen LogP contribution is 2.29. The van der Waals surface area contributed by atoms with Crippen LogP contribution < -0.4 is 16.0 Å². The maximum atomic E-state index is 14.3. The van der Waals surface area contributed by atoms with Crippen molar-refractivity contribution in [3.8, 4) is 5.75 Å². The van der Waals surface area contributed by atoms with Gasteiger partial charge in [-0.2, -0.15) is 0 Å². The van der Waals surface area contributed by atoms with Crippen molar-refractivity contribution in [3.05, 3.63) is 63.4 Å². The van der Waals surface area contributed by atoms with Gasteiger partial charge in [0.1, 0.15) is 0 Å². The number of halogens is 2. The molecular formula is C16H18BrFN2O. The summed E-state index contributed by atoms with van der Waals surface area (Å²) in [5.41, 5.74) is 5.46. The summed E-state index contributed by atoms with van der Waals surface area (Å²) in [6.07, 6.45) is 0.441. The van der Waals surface area contributed by atoms with Gasteiger partial charge in [-0.25, -0.2) is 4.39 Å². The second-order valence-electron chi connectivity index (χ2n) is 4.81. The van der Waals surface area contributed by atoms with E-state index in [1.807, 2.05) is 25.1 Å². The summed E-state index contributed by atoms with van der Waals surface area (Å²) < 4.78 is 20.3. The fourth-order valence-electron chi connectivity index (χ4n) is 2.35. The Morgan fingerprint density at radius 3 is 2.67 bits per heavy atom. The number of hydrazine groups is 1. The van der Waals surface area contributed by atoms with E-state index < -0.39 is 0 Å². The molecule has 0 saturated heterocycles. The third-order valence-corrected chi connectivity index (χ3v) is 4.43. The van der Waals surface area contributed by atoms with E-state index in [9.17, 15) is 4.39 Å². The van der Waals surface area contributed by atoms with Gasteiger partial charge in [-0.3, -0.25) is 11.3 Å². The molecule has 3 nitrogen and oxygen atoms in total. The average Bonchev–Trinajstić information content (AvgIpc) is 2.49. The van der Waals surface area contributed by atoms with Crippen LogP contribution in [0.15, 0.2) is 40.9 Å². The monoisotopic (exact) mass is 352 g/mol. The molecule has 0 aromatic heterocycles. The van der Waals surface area contributed by atoms with Crippen molar-refractivity contribution in [1.29, 1.82) is 0 Å². The zero-order valence-electron chi connectivity index (χ0n) is 12.0. The van der Waals surface area contributed by atoms with Crippen LogP contribution in [0, 0.1) is 12.7 Å². The lowest BCUT2D eigenvalue weighted by atomic mass is 9.95. The lowest BCUT2D eigenvalue weighted by Crippen LogP contribution is -2.30. The van der Waals surface area contributed by atoms with Gasteiger partial charge in [0, 0.05) is 4.47 Å². The first-order valence-electron chi connectivity index (χ1n) is 6.61. The first kappa shape index (κ1) is 15.9. The van der Waals surface area contributed by atoms with Gasteiger partial charge in [0.15, 0.2) is 11.6 Å². The standard InChI is InChI=1S/C16H18BrFN2O/c1-10-12(6-4-7-13(10)17)14(20-19)9-11-5-3-8-15(21-2)16(11)18/h3-8,14,20H,9,19H2,1-2H3. The first-order valence-corrected chi connectivity index (χ1v) is 7.40. The number of rotatable bonds is 5. The molecule has 0 radical (unpaired) electrons. The van der Waals surface area contributed by atoms with Crippen molar-refractivity contribution in [2.45, 2.75) is 19.4 Å². The van der Waals surface area contributed by atoms with Crippen molar-refractivity contribution < 1.29 is 9.13 Å². The Balaban J connectivity index is 2.34. The Morgan fingerprint density at radius 1 is 1.29 bits per heavy atom. The van der Waals surface area contributed by atoms with Gasteiger partial charge in [-0.1, -0.05) is 40.2 Å². The minimum absolute atomic E-state index is 0.177. The van der Waals surface area contributed by atoms with E-state index in [1.54, 1.807) is 18.2 Å². The molecule has 0 heterocycles. The van der Waals surface area contributed by atoms with Crippen LogP contribution in [0.4, 0.5) is 4.39 Å². The number of methoxy groups -OCH3 is 1. The largest absolute Gasteiger partial charge is 0.494 e. The minimum Gasteiger partial charge on any atom is -0.494 e. The molecule has 2 aromatic rings. The molecule has 1 unspecified atom stereocenters. The molecule has 2 aromatic carbocycles. The van der Waals surface area contributed by atoms with E-state index in [0.29, 0.717) is 12.0 Å². The molecule has 0 amide bonds. The average molecular weight is 353 g/mol. The molecule has 0 fully saturated rings. The van der Waals surface area contributed by atoms with Crippen LogP contribution >= 0.6 is 15.9 Å². The lowest BCUT2D eigenvalue weighted by molar-refractivity contribution is 0.382. The number of hydrogen-bond acceptors (Lipinski definition) is 3. The summed E-state index contributed by atoms with van der Waals surface area (Å²) >= 11 is 3.50. The Bertz CT molecular complexity index is 634. The fraction of sp³-hybridized carbons (Fsp3) is 0.250. The van der Waals surface area contributed by atoms with Crippen molar-refractivity contribution in [3.63, 3.8) is 0 Å². The summed E-state index contributed by atoms with van der Waals surface area (Å²) in [5, 5.41) is 0. The Morgan fingerprint density at radius 2 is 2.00 bits per heavy atom.